The summed E-state index contributed by atoms with van der Waals surface area (Å²) in [7, 11) is 0. The molecule has 8 unspecified atom stereocenters. The molecule has 0 spiro atoms. The fourth-order valence-corrected chi connectivity index (χ4v) is 8.03. The fraction of sp³-hybridized carbons (Fsp3) is 0.952. The van der Waals surface area contributed by atoms with Gasteiger partial charge in [0.15, 0.2) is 0 Å². The number of rotatable bonds is 1. The molecular formula is C21H34O3. The van der Waals surface area contributed by atoms with Crippen molar-refractivity contribution < 1.29 is 15.0 Å². The van der Waals surface area contributed by atoms with Crippen LogP contribution in [0.5, 0.6) is 0 Å². The Morgan fingerprint density at radius 3 is 2.46 bits per heavy atom. The van der Waals surface area contributed by atoms with E-state index in [1.54, 1.807) is 6.92 Å². The van der Waals surface area contributed by atoms with Gasteiger partial charge in [-0.1, -0.05) is 13.8 Å². The van der Waals surface area contributed by atoms with Crippen molar-refractivity contribution in [2.24, 2.45) is 40.4 Å². The monoisotopic (exact) mass is 334 g/mol. The topological polar surface area (TPSA) is 57.5 Å². The summed E-state index contributed by atoms with van der Waals surface area (Å²) in [6, 6.07) is 0. The first-order chi connectivity index (χ1) is 11.3. The van der Waals surface area contributed by atoms with Crippen LogP contribution < -0.4 is 0 Å². The van der Waals surface area contributed by atoms with Gasteiger partial charge in [0.05, 0.1) is 12.2 Å². The van der Waals surface area contributed by atoms with E-state index in [1.807, 2.05) is 0 Å². The van der Waals surface area contributed by atoms with Gasteiger partial charge in [0.25, 0.3) is 0 Å². The third-order valence-electron chi connectivity index (χ3n) is 9.06. The average molecular weight is 335 g/mol. The molecule has 4 rings (SSSR count). The lowest BCUT2D eigenvalue weighted by molar-refractivity contribution is -0.178. The summed E-state index contributed by atoms with van der Waals surface area (Å²) in [4.78, 5) is 12.2. The zero-order chi connectivity index (χ0) is 17.3. The van der Waals surface area contributed by atoms with Crippen molar-refractivity contribution in [2.75, 3.05) is 0 Å². The van der Waals surface area contributed by atoms with Crippen molar-refractivity contribution >= 4 is 5.78 Å². The highest BCUT2D eigenvalue weighted by Crippen LogP contribution is 2.67. The molecule has 4 aliphatic rings. The number of aliphatic hydroxyl groups excluding tert-OH is 2. The van der Waals surface area contributed by atoms with Crippen LogP contribution in [0.25, 0.3) is 0 Å². The van der Waals surface area contributed by atoms with Crippen molar-refractivity contribution in [2.45, 2.75) is 84.3 Å². The van der Waals surface area contributed by atoms with Crippen LogP contribution in [-0.2, 0) is 4.79 Å². The van der Waals surface area contributed by atoms with E-state index in [2.05, 4.69) is 13.8 Å². The molecule has 0 heterocycles. The molecule has 2 N–H and O–H groups in total. The molecule has 0 aromatic heterocycles. The van der Waals surface area contributed by atoms with Crippen LogP contribution in [0.4, 0.5) is 0 Å². The number of ketones is 1. The lowest BCUT2D eigenvalue weighted by atomic mass is 9.44. The predicted octanol–water partition coefficient (Wildman–Crippen LogP) is 3.57. The minimum Gasteiger partial charge on any atom is -0.393 e. The summed E-state index contributed by atoms with van der Waals surface area (Å²) in [5.41, 5.74) is 0.182. The van der Waals surface area contributed by atoms with Gasteiger partial charge < -0.3 is 10.2 Å². The van der Waals surface area contributed by atoms with Crippen LogP contribution in [0.2, 0.25) is 0 Å². The van der Waals surface area contributed by atoms with Crippen LogP contribution in [0.15, 0.2) is 0 Å². The minimum absolute atomic E-state index is 0.00376. The Kier molecular flexibility index (Phi) is 3.93. The average Bonchev–Trinajstić information content (AvgIpc) is 2.84. The van der Waals surface area contributed by atoms with E-state index >= 15 is 0 Å². The smallest absolute Gasteiger partial charge is 0.133 e. The van der Waals surface area contributed by atoms with Crippen LogP contribution in [0.3, 0.4) is 0 Å². The Labute approximate surface area is 146 Å². The maximum Gasteiger partial charge on any atom is 0.133 e. The van der Waals surface area contributed by atoms with Crippen LogP contribution in [0.1, 0.15) is 72.1 Å². The number of hydrogen-bond acceptors (Lipinski definition) is 3. The second kappa shape index (κ2) is 5.54. The molecule has 24 heavy (non-hydrogen) atoms. The maximum atomic E-state index is 12.2. The number of carbonyl (C=O) groups is 1. The largest absolute Gasteiger partial charge is 0.393 e. The molecule has 4 aliphatic carbocycles. The van der Waals surface area contributed by atoms with Crippen molar-refractivity contribution in [1.29, 1.82) is 0 Å². The first-order valence-electron chi connectivity index (χ1n) is 10.1. The van der Waals surface area contributed by atoms with Gasteiger partial charge in [0, 0.05) is 5.92 Å². The van der Waals surface area contributed by atoms with E-state index in [0.717, 1.165) is 38.5 Å². The van der Waals surface area contributed by atoms with Crippen LogP contribution >= 0.6 is 0 Å². The fourth-order valence-electron chi connectivity index (χ4n) is 8.03. The highest BCUT2D eigenvalue weighted by atomic mass is 16.3. The van der Waals surface area contributed by atoms with Crippen LogP contribution in [-0.4, -0.2) is 28.2 Å². The molecule has 0 amide bonds. The lowest BCUT2D eigenvalue weighted by Gasteiger charge is -2.62. The van der Waals surface area contributed by atoms with Gasteiger partial charge in [-0.15, -0.1) is 0 Å². The van der Waals surface area contributed by atoms with Crippen molar-refractivity contribution in [3.63, 3.8) is 0 Å². The summed E-state index contributed by atoms with van der Waals surface area (Å²) in [5.74, 6) is 2.58. The van der Waals surface area contributed by atoms with E-state index in [9.17, 15) is 15.0 Å². The number of Topliss-reactive ketones (excluding diaryl/α,β-unsaturated/α-hetero) is 1. The van der Waals surface area contributed by atoms with Gasteiger partial charge >= 0.3 is 0 Å². The summed E-state index contributed by atoms with van der Waals surface area (Å²) >= 11 is 0. The second-order valence-corrected chi connectivity index (χ2v) is 10.0. The van der Waals surface area contributed by atoms with E-state index in [-0.39, 0.29) is 29.0 Å². The normalized spacial score (nSPS) is 57.0. The number of hydrogen-bond donors (Lipinski definition) is 2. The highest BCUT2D eigenvalue weighted by molar-refractivity contribution is 5.79. The van der Waals surface area contributed by atoms with Crippen molar-refractivity contribution in [1.82, 2.24) is 0 Å². The molecule has 3 heteroatoms. The zero-order valence-electron chi connectivity index (χ0n) is 15.5. The third kappa shape index (κ3) is 2.19. The SMILES string of the molecule is CC(=O)C1CCC2C3CCC4CC(O)CCC4(C)C3[C@H](O)CC12C. The molecule has 3 nitrogen and oxygen atoms in total. The quantitative estimate of drug-likeness (QED) is 0.771. The van der Waals surface area contributed by atoms with Gasteiger partial charge in [-0.3, -0.25) is 4.79 Å². The minimum atomic E-state index is -0.278. The third-order valence-corrected chi connectivity index (χ3v) is 9.06. The molecule has 0 aromatic rings. The molecule has 0 saturated heterocycles. The summed E-state index contributed by atoms with van der Waals surface area (Å²) in [5, 5.41) is 21.3. The van der Waals surface area contributed by atoms with E-state index in [1.165, 1.54) is 12.8 Å². The van der Waals surface area contributed by atoms with E-state index in [0.29, 0.717) is 29.5 Å². The summed E-state index contributed by atoms with van der Waals surface area (Å²) in [6.45, 7) is 6.43. The molecule has 0 aromatic carbocycles. The highest BCUT2D eigenvalue weighted by Gasteiger charge is 2.63. The summed E-state index contributed by atoms with van der Waals surface area (Å²) in [6.07, 6.45) is 7.80. The molecule has 0 aliphatic heterocycles. The predicted molar refractivity (Wildman–Crippen MR) is 93.3 cm³/mol. The van der Waals surface area contributed by atoms with Gasteiger partial charge in [-0.25, -0.2) is 0 Å². The molecule has 4 fully saturated rings. The molecule has 136 valence electrons. The number of carbonyl (C=O) groups excluding carboxylic acids is 1. The standard InChI is InChI=1S/C21H34O3/c1-12(22)16-6-7-17-15-5-4-13-10-14(23)8-9-20(13,2)19(15)18(24)11-21(16,17)3/h13-19,23-24H,4-11H2,1-3H3/t13?,14?,15?,16?,17?,18-,19?,20?,21?/m1/s1. The van der Waals surface area contributed by atoms with Crippen LogP contribution in [0, 0.1) is 40.4 Å². The van der Waals surface area contributed by atoms with Gasteiger partial charge in [0.2, 0.25) is 0 Å². The molecular weight excluding hydrogens is 300 g/mol. The van der Waals surface area contributed by atoms with Gasteiger partial charge in [-0.2, -0.15) is 0 Å². The first kappa shape index (κ1) is 17.0. The van der Waals surface area contributed by atoms with Crippen molar-refractivity contribution in [3.05, 3.63) is 0 Å². The van der Waals surface area contributed by atoms with Gasteiger partial charge in [-0.05, 0) is 92.8 Å². The Bertz CT molecular complexity index is 531. The molecule has 4 saturated carbocycles. The molecule has 0 radical (unpaired) electrons. The van der Waals surface area contributed by atoms with Gasteiger partial charge in [0.1, 0.15) is 5.78 Å². The van der Waals surface area contributed by atoms with Crippen molar-refractivity contribution in [3.8, 4) is 0 Å². The lowest BCUT2D eigenvalue weighted by Crippen LogP contribution is -2.59. The van der Waals surface area contributed by atoms with E-state index < -0.39 is 0 Å². The molecule has 9 atom stereocenters. The Balaban J connectivity index is 1.67. The van der Waals surface area contributed by atoms with E-state index in [4.69, 9.17) is 0 Å². The Hall–Kier alpha value is -0.410. The first-order valence-corrected chi connectivity index (χ1v) is 10.1. The molecule has 0 bridgehead atoms. The second-order valence-electron chi connectivity index (χ2n) is 10.0. The maximum absolute atomic E-state index is 12.2. The number of fused-ring (bicyclic) bond motifs is 5. The number of aliphatic hydroxyl groups is 2. The Morgan fingerprint density at radius 2 is 1.75 bits per heavy atom. The summed E-state index contributed by atoms with van der Waals surface area (Å²) < 4.78 is 0. The Morgan fingerprint density at radius 1 is 1.00 bits per heavy atom. The zero-order valence-corrected chi connectivity index (χ0v) is 15.5.